The Balaban J connectivity index is 2.66. The lowest BCUT2D eigenvalue weighted by molar-refractivity contribution is 0.234. The number of aliphatic hydroxyl groups excluding tert-OH is 2. The quantitative estimate of drug-likeness (QED) is 0.501. The maximum Gasteiger partial charge on any atom is 0.140 e. The molecule has 2 unspecified atom stereocenters. The highest BCUT2D eigenvalue weighted by Crippen LogP contribution is 2.10. The summed E-state index contributed by atoms with van der Waals surface area (Å²) < 4.78 is 0. The number of aliphatic hydroxyl groups is 2. The molecule has 0 aliphatic carbocycles. The standard InChI is InChI=1S/C11H12O2S/c12-10(8-14)6-7-11(13)9-4-2-1-3-5-9/h1-5,10-14H,8H2. The van der Waals surface area contributed by atoms with Crippen LogP contribution in [0.15, 0.2) is 30.3 Å². The van der Waals surface area contributed by atoms with E-state index < -0.39 is 12.2 Å². The van der Waals surface area contributed by atoms with Crippen molar-refractivity contribution in [2.45, 2.75) is 12.2 Å². The van der Waals surface area contributed by atoms with Crippen LogP contribution in [-0.4, -0.2) is 22.1 Å². The van der Waals surface area contributed by atoms with Crippen LogP contribution in [0.3, 0.4) is 0 Å². The second-order valence-electron chi connectivity index (χ2n) is 2.80. The molecule has 3 heteroatoms. The number of rotatable bonds is 2. The summed E-state index contributed by atoms with van der Waals surface area (Å²) in [6, 6.07) is 9.09. The van der Waals surface area contributed by atoms with Gasteiger partial charge in [-0.2, -0.15) is 12.6 Å². The molecule has 0 radical (unpaired) electrons. The highest BCUT2D eigenvalue weighted by atomic mass is 32.1. The fraction of sp³-hybridized carbons (Fsp3) is 0.273. The highest BCUT2D eigenvalue weighted by molar-refractivity contribution is 7.80. The van der Waals surface area contributed by atoms with Crippen molar-refractivity contribution >= 4 is 12.6 Å². The SMILES string of the molecule is OC(C#CC(O)c1ccccc1)CS. The second kappa shape index (κ2) is 5.71. The van der Waals surface area contributed by atoms with Crippen LogP contribution in [0.2, 0.25) is 0 Å². The van der Waals surface area contributed by atoms with Crippen LogP contribution in [0.5, 0.6) is 0 Å². The van der Waals surface area contributed by atoms with E-state index in [4.69, 9.17) is 5.11 Å². The van der Waals surface area contributed by atoms with Gasteiger partial charge in [-0.15, -0.1) is 0 Å². The molecule has 0 fully saturated rings. The lowest BCUT2D eigenvalue weighted by Crippen LogP contribution is -2.04. The van der Waals surface area contributed by atoms with E-state index in [1.54, 1.807) is 12.1 Å². The molecule has 0 saturated carbocycles. The summed E-state index contributed by atoms with van der Waals surface area (Å²) in [6.07, 6.45) is -1.62. The minimum absolute atomic E-state index is 0.272. The van der Waals surface area contributed by atoms with Crippen LogP contribution in [0.25, 0.3) is 0 Å². The van der Waals surface area contributed by atoms with Gasteiger partial charge in [0.2, 0.25) is 0 Å². The normalized spacial score (nSPS) is 13.9. The van der Waals surface area contributed by atoms with Crippen molar-refractivity contribution in [1.29, 1.82) is 0 Å². The van der Waals surface area contributed by atoms with Crippen LogP contribution >= 0.6 is 12.6 Å². The van der Waals surface area contributed by atoms with Gasteiger partial charge in [0.25, 0.3) is 0 Å². The first-order valence-corrected chi connectivity index (χ1v) is 4.90. The lowest BCUT2D eigenvalue weighted by atomic mass is 10.1. The van der Waals surface area contributed by atoms with Gasteiger partial charge < -0.3 is 10.2 Å². The third-order valence-corrected chi connectivity index (χ3v) is 2.02. The third kappa shape index (κ3) is 3.43. The molecular weight excluding hydrogens is 196 g/mol. The Morgan fingerprint density at radius 1 is 1.14 bits per heavy atom. The summed E-state index contributed by atoms with van der Waals surface area (Å²) in [5.74, 6) is 5.34. The molecule has 1 aromatic carbocycles. The summed E-state index contributed by atoms with van der Waals surface area (Å²) in [4.78, 5) is 0. The lowest BCUT2D eigenvalue weighted by Gasteiger charge is -2.02. The van der Waals surface area contributed by atoms with Crippen molar-refractivity contribution in [3.05, 3.63) is 35.9 Å². The van der Waals surface area contributed by atoms with Crippen LogP contribution in [0.4, 0.5) is 0 Å². The maximum atomic E-state index is 9.56. The maximum absolute atomic E-state index is 9.56. The third-order valence-electron chi connectivity index (χ3n) is 1.67. The monoisotopic (exact) mass is 208 g/mol. The van der Waals surface area contributed by atoms with E-state index >= 15 is 0 Å². The van der Waals surface area contributed by atoms with E-state index in [0.717, 1.165) is 5.56 Å². The molecule has 0 bridgehead atoms. The van der Waals surface area contributed by atoms with Crippen LogP contribution in [0.1, 0.15) is 11.7 Å². The van der Waals surface area contributed by atoms with Gasteiger partial charge in [-0.3, -0.25) is 0 Å². The molecule has 0 spiro atoms. The summed E-state index contributed by atoms with van der Waals surface area (Å²) in [6.45, 7) is 0. The summed E-state index contributed by atoms with van der Waals surface area (Å²) in [5, 5.41) is 18.6. The summed E-state index contributed by atoms with van der Waals surface area (Å²) in [5.41, 5.74) is 0.728. The van der Waals surface area contributed by atoms with Gasteiger partial charge in [0.1, 0.15) is 12.2 Å². The molecule has 74 valence electrons. The van der Waals surface area contributed by atoms with Gasteiger partial charge >= 0.3 is 0 Å². The molecule has 0 aromatic heterocycles. The number of hydrogen-bond acceptors (Lipinski definition) is 3. The Hall–Kier alpha value is -0.950. The zero-order valence-electron chi connectivity index (χ0n) is 7.59. The average molecular weight is 208 g/mol. The first-order chi connectivity index (χ1) is 6.74. The van der Waals surface area contributed by atoms with Crippen LogP contribution in [0, 0.1) is 11.8 Å². The Morgan fingerprint density at radius 3 is 2.36 bits per heavy atom. The Morgan fingerprint density at radius 2 is 1.79 bits per heavy atom. The molecule has 2 nitrogen and oxygen atoms in total. The number of hydrogen-bond donors (Lipinski definition) is 3. The van der Waals surface area contributed by atoms with Gasteiger partial charge in [-0.1, -0.05) is 42.2 Å². The van der Waals surface area contributed by atoms with Crippen molar-refractivity contribution in [2.24, 2.45) is 0 Å². The van der Waals surface area contributed by atoms with Crippen molar-refractivity contribution in [2.75, 3.05) is 5.75 Å². The fourth-order valence-electron chi connectivity index (χ4n) is 0.939. The first-order valence-electron chi connectivity index (χ1n) is 4.27. The Bertz CT molecular complexity index is 326. The predicted molar refractivity (Wildman–Crippen MR) is 59.0 cm³/mol. The van der Waals surface area contributed by atoms with Crippen LogP contribution < -0.4 is 0 Å². The molecule has 0 heterocycles. The smallest absolute Gasteiger partial charge is 0.140 e. The summed E-state index contributed by atoms with van der Waals surface area (Å²) >= 11 is 3.87. The van der Waals surface area contributed by atoms with E-state index in [1.165, 1.54) is 0 Å². The number of benzene rings is 1. The molecule has 1 aromatic rings. The first kappa shape index (κ1) is 11.1. The minimum atomic E-state index is -0.842. The van der Waals surface area contributed by atoms with Crippen molar-refractivity contribution in [1.82, 2.24) is 0 Å². The number of thiol groups is 1. The van der Waals surface area contributed by atoms with Crippen molar-refractivity contribution < 1.29 is 10.2 Å². The summed E-state index contributed by atoms with van der Waals surface area (Å²) in [7, 11) is 0. The Kier molecular flexibility index (Phi) is 4.54. The highest BCUT2D eigenvalue weighted by Gasteiger charge is 2.01. The van der Waals surface area contributed by atoms with Gasteiger partial charge in [0.05, 0.1) is 0 Å². The zero-order valence-corrected chi connectivity index (χ0v) is 8.48. The minimum Gasteiger partial charge on any atom is -0.380 e. The Labute approximate surface area is 89.0 Å². The second-order valence-corrected chi connectivity index (χ2v) is 3.17. The van der Waals surface area contributed by atoms with E-state index in [-0.39, 0.29) is 5.75 Å². The molecule has 2 atom stereocenters. The molecule has 2 N–H and O–H groups in total. The average Bonchev–Trinajstić information content (AvgIpc) is 2.26. The van der Waals surface area contributed by atoms with Crippen LogP contribution in [-0.2, 0) is 0 Å². The van der Waals surface area contributed by atoms with Gasteiger partial charge in [0, 0.05) is 5.75 Å². The van der Waals surface area contributed by atoms with Crippen molar-refractivity contribution in [3.63, 3.8) is 0 Å². The zero-order chi connectivity index (χ0) is 10.4. The molecule has 0 amide bonds. The molecule has 0 aliphatic rings. The van der Waals surface area contributed by atoms with E-state index in [0.29, 0.717) is 0 Å². The largest absolute Gasteiger partial charge is 0.380 e. The van der Waals surface area contributed by atoms with Gasteiger partial charge in [0.15, 0.2) is 0 Å². The fourth-order valence-corrected chi connectivity index (χ4v) is 1.03. The van der Waals surface area contributed by atoms with E-state index in [1.807, 2.05) is 18.2 Å². The molecule has 14 heavy (non-hydrogen) atoms. The molecule has 0 saturated heterocycles. The predicted octanol–water partition coefficient (Wildman–Crippen LogP) is 1.01. The molecular formula is C11H12O2S. The van der Waals surface area contributed by atoms with Crippen molar-refractivity contribution in [3.8, 4) is 11.8 Å². The van der Waals surface area contributed by atoms with E-state index in [2.05, 4.69) is 24.5 Å². The van der Waals surface area contributed by atoms with Gasteiger partial charge in [-0.05, 0) is 5.56 Å². The van der Waals surface area contributed by atoms with Gasteiger partial charge in [-0.25, -0.2) is 0 Å². The topological polar surface area (TPSA) is 40.5 Å². The molecule has 1 rings (SSSR count). The molecule has 0 aliphatic heterocycles. The van der Waals surface area contributed by atoms with E-state index in [9.17, 15) is 5.11 Å².